The summed E-state index contributed by atoms with van der Waals surface area (Å²) >= 11 is 0. The lowest BCUT2D eigenvalue weighted by Crippen LogP contribution is -2.21. The third-order valence-corrected chi connectivity index (χ3v) is 4.04. The first-order valence-electron chi connectivity index (χ1n) is 7.23. The quantitative estimate of drug-likeness (QED) is 0.932. The van der Waals surface area contributed by atoms with Gasteiger partial charge in [-0.1, -0.05) is 54.6 Å². The molecule has 108 valence electrons. The van der Waals surface area contributed by atoms with Gasteiger partial charge in [-0.2, -0.15) is 0 Å². The second-order valence-corrected chi connectivity index (χ2v) is 5.35. The Morgan fingerprint density at radius 1 is 1.14 bits per heavy atom. The summed E-state index contributed by atoms with van der Waals surface area (Å²) < 4.78 is 5.84. The molecular formula is C18H18O3. The maximum Gasteiger partial charge on any atom is 0.311 e. The van der Waals surface area contributed by atoms with Gasteiger partial charge >= 0.3 is 5.97 Å². The largest absolute Gasteiger partial charge is 0.481 e. The molecule has 3 heteroatoms. The van der Waals surface area contributed by atoms with Crippen LogP contribution >= 0.6 is 0 Å². The van der Waals surface area contributed by atoms with Gasteiger partial charge in [-0.3, -0.25) is 4.79 Å². The fraction of sp³-hybridized carbons (Fsp3) is 0.278. The number of hydrogen-bond donors (Lipinski definition) is 1. The van der Waals surface area contributed by atoms with Gasteiger partial charge in [-0.15, -0.1) is 0 Å². The molecule has 1 heterocycles. The monoisotopic (exact) mass is 282 g/mol. The number of benzene rings is 2. The summed E-state index contributed by atoms with van der Waals surface area (Å²) in [7, 11) is 0. The average Bonchev–Trinajstić information content (AvgIpc) is 2.53. The lowest BCUT2D eigenvalue weighted by atomic mass is 9.87. The molecule has 1 aliphatic rings. The van der Waals surface area contributed by atoms with Crippen molar-refractivity contribution in [2.75, 3.05) is 6.61 Å². The summed E-state index contributed by atoms with van der Waals surface area (Å²) in [4.78, 5) is 11.6. The zero-order valence-electron chi connectivity index (χ0n) is 11.7. The molecule has 0 aromatic heterocycles. The van der Waals surface area contributed by atoms with Crippen LogP contribution in [0.2, 0.25) is 0 Å². The van der Waals surface area contributed by atoms with Crippen LogP contribution in [-0.4, -0.2) is 17.7 Å². The highest BCUT2D eigenvalue weighted by molar-refractivity contribution is 5.76. The van der Waals surface area contributed by atoms with Gasteiger partial charge in [0.2, 0.25) is 0 Å². The Labute approximate surface area is 124 Å². The maximum absolute atomic E-state index is 11.6. The summed E-state index contributed by atoms with van der Waals surface area (Å²) in [6.07, 6.45) is 1.22. The van der Waals surface area contributed by atoms with Crippen LogP contribution in [-0.2, 0) is 16.0 Å². The van der Waals surface area contributed by atoms with Crippen LogP contribution in [0.4, 0.5) is 0 Å². The zero-order valence-corrected chi connectivity index (χ0v) is 11.7. The van der Waals surface area contributed by atoms with Gasteiger partial charge in [0.05, 0.1) is 18.6 Å². The van der Waals surface area contributed by atoms with E-state index in [1.54, 1.807) is 0 Å². The fourth-order valence-electron chi connectivity index (χ4n) is 2.95. The van der Waals surface area contributed by atoms with Crippen molar-refractivity contribution >= 4 is 5.97 Å². The fourth-order valence-corrected chi connectivity index (χ4v) is 2.95. The van der Waals surface area contributed by atoms with Crippen molar-refractivity contribution in [3.63, 3.8) is 0 Å². The van der Waals surface area contributed by atoms with Crippen LogP contribution in [0.5, 0.6) is 0 Å². The Kier molecular flexibility index (Phi) is 4.02. The summed E-state index contributed by atoms with van der Waals surface area (Å²) in [5.41, 5.74) is 3.23. The number of ether oxygens (including phenoxy) is 1. The van der Waals surface area contributed by atoms with Crippen molar-refractivity contribution in [1.29, 1.82) is 0 Å². The second-order valence-electron chi connectivity index (χ2n) is 5.35. The predicted octanol–water partition coefficient (Wildman–Crippen LogP) is 3.56. The van der Waals surface area contributed by atoms with E-state index in [-0.39, 0.29) is 6.10 Å². The SMILES string of the molecule is O=C(O)C(CC1OCCc2ccccc21)c1ccccc1. The van der Waals surface area contributed by atoms with E-state index < -0.39 is 11.9 Å². The molecule has 0 aliphatic carbocycles. The maximum atomic E-state index is 11.6. The molecule has 21 heavy (non-hydrogen) atoms. The van der Waals surface area contributed by atoms with Gasteiger partial charge < -0.3 is 9.84 Å². The number of rotatable bonds is 4. The Morgan fingerprint density at radius 2 is 1.86 bits per heavy atom. The molecule has 2 atom stereocenters. The van der Waals surface area contributed by atoms with Crippen LogP contribution in [0.25, 0.3) is 0 Å². The van der Waals surface area contributed by atoms with Gasteiger partial charge in [0.25, 0.3) is 0 Å². The standard InChI is InChI=1S/C18H18O3/c19-18(20)16(13-6-2-1-3-7-13)12-17-15-9-5-4-8-14(15)10-11-21-17/h1-9,16-17H,10-12H2,(H,19,20). The molecular weight excluding hydrogens is 264 g/mol. The van der Waals surface area contributed by atoms with Crippen molar-refractivity contribution < 1.29 is 14.6 Å². The van der Waals surface area contributed by atoms with E-state index in [4.69, 9.17) is 4.74 Å². The van der Waals surface area contributed by atoms with Crippen molar-refractivity contribution in [1.82, 2.24) is 0 Å². The molecule has 1 N–H and O–H groups in total. The van der Waals surface area contributed by atoms with Crippen LogP contribution < -0.4 is 0 Å². The van der Waals surface area contributed by atoms with Gasteiger partial charge in [0.15, 0.2) is 0 Å². The lowest BCUT2D eigenvalue weighted by Gasteiger charge is -2.28. The van der Waals surface area contributed by atoms with Gasteiger partial charge in [-0.05, 0) is 29.5 Å². The van der Waals surface area contributed by atoms with Crippen LogP contribution in [0.15, 0.2) is 54.6 Å². The first kappa shape index (κ1) is 13.8. The number of hydrogen-bond acceptors (Lipinski definition) is 2. The van der Waals surface area contributed by atoms with Crippen molar-refractivity contribution in [2.24, 2.45) is 0 Å². The van der Waals surface area contributed by atoms with E-state index in [2.05, 4.69) is 6.07 Å². The average molecular weight is 282 g/mol. The molecule has 3 rings (SSSR count). The number of fused-ring (bicyclic) bond motifs is 1. The second kappa shape index (κ2) is 6.10. The third-order valence-electron chi connectivity index (χ3n) is 4.04. The molecule has 1 aliphatic heterocycles. The van der Waals surface area contributed by atoms with Crippen LogP contribution in [0.3, 0.4) is 0 Å². The minimum atomic E-state index is -0.798. The molecule has 0 saturated heterocycles. The smallest absolute Gasteiger partial charge is 0.311 e. The van der Waals surface area contributed by atoms with Crippen LogP contribution in [0, 0.1) is 0 Å². The summed E-state index contributed by atoms with van der Waals surface area (Å²) in [6.45, 7) is 0.656. The summed E-state index contributed by atoms with van der Waals surface area (Å²) in [6, 6.07) is 17.5. The van der Waals surface area contributed by atoms with Crippen molar-refractivity contribution in [3.8, 4) is 0 Å². The predicted molar refractivity (Wildman–Crippen MR) is 80.3 cm³/mol. The molecule has 0 saturated carbocycles. The number of carboxylic acids is 1. The zero-order chi connectivity index (χ0) is 14.7. The molecule has 0 bridgehead atoms. The molecule has 0 amide bonds. The highest BCUT2D eigenvalue weighted by atomic mass is 16.5. The Morgan fingerprint density at radius 3 is 2.62 bits per heavy atom. The summed E-state index contributed by atoms with van der Waals surface area (Å²) in [5.74, 6) is -1.34. The molecule has 2 unspecified atom stereocenters. The number of aliphatic carboxylic acids is 1. The minimum absolute atomic E-state index is 0.142. The summed E-state index contributed by atoms with van der Waals surface area (Å²) in [5, 5.41) is 9.55. The molecule has 3 nitrogen and oxygen atoms in total. The van der Waals surface area contributed by atoms with E-state index in [0.29, 0.717) is 13.0 Å². The Bertz CT molecular complexity index is 621. The molecule has 2 aromatic rings. The highest BCUT2D eigenvalue weighted by Crippen LogP contribution is 2.35. The first-order valence-corrected chi connectivity index (χ1v) is 7.23. The normalized spacial score (nSPS) is 18.8. The molecule has 0 fully saturated rings. The van der Waals surface area contributed by atoms with Gasteiger partial charge in [0, 0.05) is 0 Å². The van der Waals surface area contributed by atoms with Crippen molar-refractivity contribution in [2.45, 2.75) is 24.9 Å². The van der Waals surface area contributed by atoms with Gasteiger partial charge in [0.1, 0.15) is 0 Å². The van der Waals surface area contributed by atoms with E-state index in [9.17, 15) is 9.90 Å². The topological polar surface area (TPSA) is 46.5 Å². The first-order chi connectivity index (χ1) is 10.3. The molecule has 2 aromatic carbocycles. The minimum Gasteiger partial charge on any atom is -0.481 e. The third kappa shape index (κ3) is 2.98. The lowest BCUT2D eigenvalue weighted by molar-refractivity contribution is -0.140. The van der Waals surface area contributed by atoms with E-state index >= 15 is 0 Å². The molecule has 0 spiro atoms. The van der Waals surface area contributed by atoms with Crippen molar-refractivity contribution in [3.05, 3.63) is 71.3 Å². The number of carboxylic acid groups (broad SMARTS) is 1. The Hall–Kier alpha value is -2.13. The number of carbonyl (C=O) groups is 1. The van der Waals surface area contributed by atoms with E-state index in [1.165, 1.54) is 5.56 Å². The van der Waals surface area contributed by atoms with Crippen LogP contribution in [0.1, 0.15) is 35.1 Å². The van der Waals surface area contributed by atoms with E-state index in [1.807, 2.05) is 48.5 Å². The highest BCUT2D eigenvalue weighted by Gasteiger charge is 2.28. The Balaban J connectivity index is 1.86. The van der Waals surface area contributed by atoms with Gasteiger partial charge in [-0.25, -0.2) is 0 Å². The molecule has 0 radical (unpaired) electrons. The van der Waals surface area contributed by atoms with E-state index in [0.717, 1.165) is 17.5 Å².